The zero-order valence-corrected chi connectivity index (χ0v) is 12.4. The molecule has 0 aliphatic heterocycles. The van der Waals surface area contributed by atoms with Gasteiger partial charge in [-0.15, -0.1) is 0 Å². The molecule has 0 saturated carbocycles. The summed E-state index contributed by atoms with van der Waals surface area (Å²) in [7, 11) is -1.97. The number of nitrogens with zero attached hydrogens (tertiary/aromatic N) is 1. The van der Waals surface area contributed by atoms with Crippen molar-refractivity contribution in [3.8, 4) is 0 Å². The third-order valence-electron chi connectivity index (χ3n) is 2.28. The standard InChI is InChI=1S/C10H13BrClNO2S/c1-7(2)13(3)16(14,15)10-5-4-8(11)6-9(10)12/h4-7H,1-3H3. The number of rotatable bonds is 3. The van der Waals surface area contributed by atoms with Crippen LogP contribution in [0, 0.1) is 0 Å². The van der Waals surface area contributed by atoms with Gasteiger partial charge in [0.05, 0.1) is 5.02 Å². The van der Waals surface area contributed by atoms with Crippen LogP contribution in [-0.2, 0) is 10.0 Å². The second kappa shape index (κ2) is 5.04. The largest absolute Gasteiger partial charge is 0.244 e. The van der Waals surface area contributed by atoms with E-state index < -0.39 is 10.0 Å². The Morgan fingerprint density at radius 1 is 1.38 bits per heavy atom. The molecule has 0 N–H and O–H groups in total. The van der Waals surface area contributed by atoms with E-state index in [1.165, 1.54) is 10.4 Å². The van der Waals surface area contributed by atoms with Crippen LogP contribution in [0.25, 0.3) is 0 Å². The van der Waals surface area contributed by atoms with Crippen LogP contribution in [0.2, 0.25) is 5.02 Å². The van der Waals surface area contributed by atoms with Gasteiger partial charge in [0.15, 0.2) is 0 Å². The molecule has 16 heavy (non-hydrogen) atoms. The first kappa shape index (κ1) is 14.0. The highest BCUT2D eigenvalue weighted by Crippen LogP contribution is 2.27. The normalized spacial score (nSPS) is 12.4. The van der Waals surface area contributed by atoms with Crippen LogP contribution in [0.3, 0.4) is 0 Å². The molecule has 6 heteroatoms. The summed E-state index contributed by atoms with van der Waals surface area (Å²) < 4.78 is 26.3. The molecule has 0 heterocycles. The lowest BCUT2D eigenvalue weighted by atomic mass is 10.4. The molecular formula is C10H13BrClNO2S. The monoisotopic (exact) mass is 325 g/mol. The van der Waals surface area contributed by atoms with Crippen LogP contribution in [0.4, 0.5) is 0 Å². The van der Waals surface area contributed by atoms with Crippen molar-refractivity contribution in [1.82, 2.24) is 4.31 Å². The first-order chi connectivity index (χ1) is 7.26. The van der Waals surface area contributed by atoms with Gasteiger partial charge >= 0.3 is 0 Å². The Kier molecular flexibility index (Phi) is 4.40. The van der Waals surface area contributed by atoms with Crippen molar-refractivity contribution < 1.29 is 8.42 Å². The Morgan fingerprint density at radius 3 is 2.38 bits per heavy atom. The molecule has 0 aromatic heterocycles. The molecule has 0 atom stereocenters. The van der Waals surface area contributed by atoms with Gasteiger partial charge in [-0.05, 0) is 32.0 Å². The highest BCUT2D eigenvalue weighted by atomic mass is 79.9. The van der Waals surface area contributed by atoms with Gasteiger partial charge in [-0.25, -0.2) is 8.42 Å². The molecular weight excluding hydrogens is 314 g/mol. The van der Waals surface area contributed by atoms with E-state index in [1.807, 2.05) is 13.8 Å². The van der Waals surface area contributed by atoms with Gasteiger partial charge < -0.3 is 0 Å². The topological polar surface area (TPSA) is 37.4 Å². The number of hydrogen-bond acceptors (Lipinski definition) is 2. The number of hydrogen-bond donors (Lipinski definition) is 0. The molecule has 0 aliphatic rings. The fourth-order valence-electron chi connectivity index (χ4n) is 1.12. The predicted octanol–water partition coefficient (Wildman–Crippen LogP) is 3.13. The van der Waals surface area contributed by atoms with Crippen molar-refractivity contribution in [2.45, 2.75) is 24.8 Å². The van der Waals surface area contributed by atoms with Crippen molar-refractivity contribution in [3.63, 3.8) is 0 Å². The summed E-state index contributed by atoms with van der Waals surface area (Å²) in [5.41, 5.74) is 0. The quantitative estimate of drug-likeness (QED) is 0.856. The highest BCUT2D eigenvalue weighted by molar-refractivity contribution is 9.10. The van der Waals surface area contributed by atoms with Gasteiger partial charge in [-0.1, -0.05) is 27.5 Å². The molecule has 0 spiro atoms. The maximum atomic E-state index is 12.1. The molecule has 1 aromatic carbocycles. The van der Waals surface area contributed by atoms with E-state index in [9.17, 15) is 8.42 Å². The number of halogens is 2. The molecule has 0 aliphatic carbocycles. The van der Waals surface area contributed by atoms with Crippen molar-refractivity contribution in [1.29, 1.82) is 0 Å². The molecule has 1 aromatic rings. The first-order valence-electron chi connectivity index (χ1n) is 4.70. The number of sulfonamides is 1. The van der Waals surface area contributed by atoms with Crippen molar-refractivity contribution in [2.75, 3.05) is 7.05 Å². The summed E-state index contributed by atoms with van der Waals surface area (Å²) >= 11 is 9.16. The van der Waals surface area contributed by atoms with E-state index in [1.54, 1.807) is 19.2 Å². The van der Waals surface area contributed by atoms with Crippen LogP contribution >= 0.6 is 27.5 Å². The Morgan fingerprint density at radius 2 is 1.94 bits per heavy atom. The summed E-state index contributed by atoms with van der Waals surface area (Å²) in [6.07, 6.45) is 0. The van der Waals surface area contributed by atoms with E-state index in [0.717, 1.165) is 4.47 Å². The molecule has 0 amide bonds. The van der Waals surface area contributed by atoms with Crippen LogP contribution in [0.15, 0.2) is 27.6 Å². The number of benzene rings is 1. The van der Waals surface area contributed by atoms with Gasteiger partial charge in [0.2, 0.25) is 10.0 Å². The first-order valence-corrected chi connectivity index (χ1v) is 7.31. The van der Waals surface area contributed by atoms with E-state index in [4.69, 9.17) is 11.6 Å². The summed E-state index contributed by atoms with van der Waals surface area (Å²) in [4.78, 5) is 0.133. The average Bonchev–Trinajstić information content (AvgIpc) is 2.15. The minimum atomic E-state index is -3.51. The van der Waals surface area contributed by atoms with Crippen molar-refractivity contribution in [2.24, 2.45) is 0 Å². The second-order valence-electron chi connectivity index (χ2n) is 3.69. The second-order valence-corrected chi connectivity index (χ2v) is 6.98. The fraction of sp³-hybridized carbons (Fsp3) is 0.400. The van der Waals surface area contributed by atoms with Crippen LogP contribution in [0.5, 0.6) is 0 Å². The molecule has 1 rings (SSSR count). The van der Waals surface area contributed by atoms with E-state index in [-0.39, 0.29) is 16.0 Å². The smallest absolute Gasteiger partial charge is 0.207 e. The van der Waals surface area contributed by atoms with Crippen LogP contribution < -0.4 is 0 Å². The Bertz CT molecular complexity index is 488. The highest BCUT2D eigenvalue weighted by Gasteiger charge is 2.25. The fourth-order valence-corrected chi connectivity index (χ4v) is 3.49. The lowest BCUT2D eigenvalue weighted by Crippen LogP contribution is -2.33. The van der Waals surface area contributed by atoms with E-state index in [0.29, 0.717) is 0 Å². The van der Waals surface area contributed by atoms with Gasteiger partial charge in [-0.2, -0.15) is 4.31 Å². The SMILES string of the molecule is CC(C)N(C)S(=O)(=O)c1ccc(Br)cc1Cl. The minimum absolute atomic E-state index is 0.107. The zero-order valence-electron chi connectivity index (χ0n) is 9.24. The predicted molar refractivity (Wildman–Crippen MR) is 69.2 cm³/mol. The molecule has 0 radical (unpaired) electrons. The maximum Gasteiger partial charge on any atom is 0.244 e. The van der Waals surface area contributed by atoms with Crippen molar-refractivity contribution >= 4 is 37.6 Å². The molecule has 0 unspecified atom stereocenters. The molecule has 0 saturated heterocycles. The van der Waals surface area contributed by atoms with E-state index >= 15 is 0 Å². The molecule has 0 fully saturated rings. The van der Waals surface area contributed by atoms with Crippen LogP contribution in [0.1, 0.15) is 13.8 Å². The van der Waals surface area contributed by atoms with Gasteiger partial charge in [0.1, 0.15) is 4.90 Å². The zero-order chi connectivity index (χ0) is 12.5. The van der Waals surface area contributed by atoms with Crippen molar-refractivity contribution in [3.05, 3.63) is 27.7 Å². The van der Waals surface area contributed by atoms with Gasteiger partial charge in [0, 0.05) is 17.6 Å². The van der Waals surface area contributed by atoms with Crippen LogP contribution in [-0.4, -0.2) is 25.8 Å². The summed E-state index contributed by atoms with van der Waals surface area (Å²) in [5, 5.41) is 0.224. The minimum Gasteiger partial charge on any atom is -0.207 e. The van der Waals surface area contributed by atoms with E-state index in [2.05, 4.69) is 15.9 Å². The summed E-state index contributed by atoms with van der Waals surface area (Å²) in [5.74, 6) is 0. The Hall–Kier alpha value is -0.100. The summed E-state index contributed by atoms with van der Waals surface area (Å²) in [6.45, 7) is 3.62. The molecule has 90 valence electrons. The maximum absolute atomic E-state index is 12.1. The Labute approximate surface area is 110 Å². The lowest BCUT2D eigenvalue weighted by Gasteiger charge is -2.21. The lowest BCUT2D eigenvalue weighted by molar-refractivity contribution is 0.410. The Balaban J connectivity index is 3.28. The third kappa shape index (κ3) is 2.77. The van der Waals surface area contributed by atoms with Gasteiger partial charge in [0.25, 0.3) is 0 Å². The average molecular weight is 327 g/mol. The summed E-state index contributed by atoms with van der Waals surface area (Å²) in [6, 6.07) is 4.63. The molecule has 3 nitrogen and oxygen atoms in total. The molecule has 0 bridgehead atoms. The van der Waals surface area contributed by atoms with Gasteiger partial charge in [-0.3, -0.25) is 0 Å². The third-order valence-corrected chi connectivity index (χ3v) is 5.29.